The van der Waals surface area contributed by atoms with Gasteiger partial charge in [0.2, 0.25) is 0 Å². The largest absolute Gasteiger partial charge is 0.394 e. The Balaban J connectivity index is 2.13. The van der Waals surface area contributed by atoms with Gasteiger partial charge in [0.1, 0.15) is 18.3 Å². The lowest BCUT2D eigenvalue weighted by Gasteiger charge is -2.38. The van der Waals surface area contributed by atoms with Crippen molar-refractivity contribution in [1.29, 1.82) is 0 Å². The highest BCUT2D eigenvalue weighted by Crippen LogP contribution is 2.41. The van der Waals surface area contributed by atoms with E-state index in [0.717, 1.165) is 0 Å². The number of rotatable bonds is 1. The average molecular weight is 192 g/mol. The van der Waals surface area contributed by atoms with E-state index in [2.05, 4.69) is 0 Å². The van der Waals surface area contributed by atoms with Gasteiger partial charge in [-0.15, -0.1) is 0 Å². The van der Waals surface area contributed by atoms with Crippen LogP contribution in [0.5, 0.6) is 0 Å². The Kier molecular flexibility index (Phi) is 2.06. The van der Waals surface area contributed by atoms with Gasteiger partial charge in [0, 0.05) is 0 Å². The molecular weight excluding hydrogens is 180 g/mol. The molecule has 2 rings (SSSR count). The van der Waals surface area contributed by atoms with Crippen LogP contribution in [0, 0.1) is 0 Å². The minimum atomic E-state index is -1.29. The summed E-state index contributed by atoms with van der Waals surface area (Å²) in [5, 5.41) is 37.0. The van der Waals surface area contributed by atoms with Gasteiger partial charge in [-0.2, -0.15) is 0 Å². The fourth-order valence-corrected chi connectivity index (χ4v) is 1.55. The third kappa shape index (κ3) is 1.18. The van der Waals surface area contributed by atoms with Crippen molar-refractivity contribution in [3.05, 3.63) is 0 Å². The van der Waals surface area contributed by atoms with Crippen LogP contribution in [-0.4, -0.2) is 63.8 Å². The van der Waals surface area contributed by atoms with Crippen molar-refractivity contribution >= 4 is 0 Å². The topological polar surface area (TPSA) is 103 Å². The van der Waals surface area contributed by atoms with Crippen LogP contribution in [0.3, 0.4) is 0 Å². The summed E-state index contributed by atoms with van der Waals surface area (Å²) in [7, 11) is 0. The van der Waals surface area contributed by atoms with Gasteiger partial charge in [0.25, 0.3) is 0 Å². The highest BCUT2D eigenvalue weighted by Gasteiger charge is 2.64. The molecule has 0 aromatic rings. The summed E-state index contributed by atoms with van der Waals surface area (Å²) in [6.07, 6.45) is -4.69. The van der Waals surface area contributed by atoms with Crippen LogP contribution in [0.2, 0.25) is 0 Å². The second kappa shape index (κ2) is 2.88. The molecule has 2 aliphatic heterocycles. The third-order valence-corrected chi connectivity index (χ3v) is 2.58. The molecule has 0 aliphatic carbocycles. The molecule has 4 N–H and O–H groups in total. The molecule has 0 amide bonds. The zero-order valence-electron chi connectivity index (χ0n) is 6.83. The van der Waals surface area contributed by atoms with E-state index < -0.39 is 36.8 Å². The van der Waals surface area contributed by atoms with Gasteiger partial charge in [0.15, 0.2) is 11.9 Å². The van der Waals surface area contributed by atoms with Gasteiger partial charge in [-0.25, -0.2) is 0 Å². The number of aliphatic hydroxyl groups is 4. The van der Waals surface area contributed by atoms with Crippen molar-refractivity contribution in [1.82, 2.24) is 0 Å². The smallest absolute Gasteiger partial charge is 0.189 e. The van der Waals surface area contributed by atoms with E-state index in [1.54, 1.807) is 0 Å². The number of hydrogen-bond donors (Lipinski definition) is 4. The second-order valence-corrected chi connectivity index (χ2v) is 3.39. The molecule has 2 fully saturated rings. The van der Waals surface area contributed by atoms with Crippen LogP contribution in [0.4, 0.5) is 0 Å². The molecule has 0 saturated carbocycles. The molecule has 0 bridgehead atoms. The molecule has 76 valence electrons. The maximum atomic E-state index is 9.51. The van der Waals surface area contributed by atoms with E-state index >= 15 is 0 Å². The van der Waals surface area contributed by atoms with Crippen LogP contribution in [0.15, 0.2) is 0 Å². The fourth-order valence-electron chi connectivity index (χ4n) is 1.55. The predicted octanol–water partition coefficient (Wildman–Crippen LogP) is -2.81. The normalized spacial score (nSPS) is 55.4. The van der Waals surface area contributed by atoms with Gasteiger partial charge in [-0.3, -0.25) is 0 Å². The second-order valence-electron chi connectivity index (χ2n) is 3.39. The van der Waals surface area contributed by atoms with Crippen LogP contribution >= 0.6 is 0 Å². The first-order valence-corrected chi connectivity index (χ1v) is 4.06. The fraction of sp³-hybridized carbons (Fsp3) is 1.00. The highest BCUT2D eigenvalue weighted by molar-refractivity contribution is 5.08. The van der Waals surface area contributed by atoms with Crippen LogP contribution < -0.4 is 0 Å². The van der Waals surface area contributed by atoms with E-state index in [0.29, 0.717) is 0 Å². The predicted molar refractivity (Wildman–Crippen MR) is 38.7 cm³/mol. The van der Waals surface area contributed by atoms with E-state index in [9.17, 15) is 15.3 Å². The maximum Gasteiger partial charge on any atom is 0.189 e. The van der Waals surface area contributed by atoms with Gasteiger partial charge in [-0.05, 0) is 0 Å². The summed E-state index contributed by atoms with van der Waals surface area (Å²) in [6, 6.07) is 0. The van der Waals surface area contributed by atoms with Crippen LogP contribution in [0.1, 0.15) is 0 Å². The maximum absolute atomic E-state index is 9.51. The molecule has 1 spiro atoms. The zero-order chi connectivity index (χ0) is 9.64. The summed E-state index contributed by atoms with van der Waals surface area (Å²) in [6.45, 7) is -0.296. The summed E-state index contributed by atoms with van der Waals surface area (Å²) in [4.78, 5) is 0. The Morgan fingerprint density at radius 2 is 1.92 bits per heavy atom. The Labute approximate surface area is 74.3 Å². The van der Waals surface area contributed by atoms with E-state index in [1.807, 2.05) is 0 Å². The standard InChI is InChI=1S/C7H12O6/c8-1-3-4(9)5(10)7(2-12-7)6(11)13-3/h3-6,8-11H,1-2H2. The number of epoxide rings is 1. The van der Waals surface area contributed by atoms with Gasteiger partial charge in [-0.1, -0.05) is 0 Å². The summed E-state index contributed by atoms with van der Waals surface area (Å²) < 4.78 is 9.72. The molecule has 0 aromatic heterocycles. The van der Waals surface area contributed by atoms with Crippen molar-refractivity contribution in [3.63, 3.8) is 0 Å². The Bertz CT molecular complexity index is 203. The molecule has 13 heavy (non-hydrogen) atoms. The Morgan fingerprint density at radius 3 is 2.38 bits per heavy atom. The monoisotopic (exact) mass is 192 g/mol. The van der Waals surface area contributed by atoms with Gasteiger partial charge < -0.3 is 29.9 Å². The lowest BCUT2D eigenvalue weighted by atomic mass is 9.91. The molecule has 0 aromatic carbocycles. The van der Waals surface area contributed by atoms with Crippen molar-refractivity contribution in [2.45, 2.75) is 30.2 Å². The minimum absolute atomic E-state index is 0.157. The molecule has 0 radical (unpaired) electrons. The van der Waals surface area contributed by atoms with Crippen LogP contribution in [-0.2, 0) is 9.47 Å². The first-order valence-electron chi connectivity index (χ1n) is 4.06. The Hall–Kier alpha value is -0.240. The molecule has 2 aliphatic rings. The number of aliphatic hydroxyl groups excluding tert-OH is 4. The third-order valence-electron chi connectivity index (χ3n) is 2.58. The summed E-state index contributed by atoms with van der Waals surface area (Å²) >= 11 is 0. The first-order chi connectivity index (χ1) is 6.12. The average Bonchev–Trinajstić information content (AvgIpc) is 2.90. The van der Waals surface area contributed by atoms with Gasteiger partial charge >= 0.3 is 0 Å². The van der Waals surface area contributed by atoms with Crippen molar-refractivity contribution < 1.29 is 29.9 Å². The quantitative estimate of drug-likeness (QED) is 0.334. The minimum Gasteiger partial charge on any atom is -0.394 e. The lowest BCUT2D eigenvalue weighted by molar-refractivity contribution is -0.274. The molecule has 6 heteroatoms. The van der Waals surface area contributed by atoms with E-state index in [4.69, 9.17) is 14.6 Å². The SMILES string of the molecule is OCC1OC(O)C2(CO2)C(O)C1O. The van der Waals surface area contributed by atoms with E-state index in [-0.39, 0.29) is 6.61 Å². The number of ether oxygens (including phenoxy) is 2. The molecule has 2 heterocycles. The summed E-state index contributed by atoms with van der Waals surface area (Å²) in [5.41, 5.74) is -1.18. The van der Waals surface area contributed by atoms with Crippen molar-refractivity contribution in [2.24, 2.45) is 0 Å². The molecule has 5 atom stereocenters. The zero-order valence-corrected chi connectivity index (χ0v) is 6.83. The summed E-state index contributed by atoms with van der Waals surface area (Å²) in [5.74, 6) is 0. The molecule has 6 nitrogen and oxygen atoms in total. The molecule has 5 unspecified atom stereocenters. The Morgan fingerprint density at radius 1 is 1.31 bits per heavy atom. The van der Waals surface area contributed by atoms with E-state index in [1.165, 1.54) is 0 Å². The first kappa shape index (κ1) is 9.32. The van der Waals surface area contributed by atoms with Crippen molar-refractivity contribution in [2.75, 3.05) is 13.2 Å². The highest BCUT2D eigenvalue weighted by atomic mass is 16.7. The van der Waals surface area contributed by atoms with Crippen molar-refractivity contribution in [3.8, 4) is 0 Å². The molecular formula is C7H12O6. The van der Waals surface area contributed by atoms with Crippen LogP contribution in [0.25, 0.3) is 0 Å². The van der Waals surface area contributed by atoms with Gasteiger partial charge in [0.05, 0.1) is 13.2 Å². The lowest BCUT2D eigenvalue weighted by Crippen LogP contribution is -2.60. The molecule has 2 saturated heterocycles. The number of hydrogen-bond acceptors (Lipinski definition) is 6.